The van der Waals surface area contributed by atoms with E-state index in [4.69, 9.17) is 11.6 Å². The predicted molar refractivity (Wildman–Crippen MR) is 59.0 cm³/mol. The fourth-order valence-electron chi connectivity index (χ4n) is 1.35. The van der Waals surface area contributed by atoms with Crippen molar-refractivity contribution in [2.75, 3.05) is 0 Å². The van der Waals surface area contributed by atoms with Gasteiger partial charge in [0, 0.05) is 17.6 Å². The molecule has 0 fully saturated rings. The molecule has 0 aliphatic rings. The maximum absolute atomic E-state index is 10.6. The Labute approximate surface area is 92.3 Å². The number of aldehydes is 1. The number of benzene rings is 1. The first-order chi connectivity index (χ1) is 7.20. The lowest BCUT2D eigenvalue weighted by atomic mass is 10.1. The Hall–Kier alpha value is -1.61. The molecule has 0 aliphatic heterocycles. The smallest absolute Gasteiger partial charge is 0.168 e. The van der Waals surface area contributed by atoms with Crippen molar-refractivity contribution in [1.82, 2.24) is 9.78 Å². The summed E-state index contributed by atoms with van der Waals surface area (Å²) in [6.07, 6.45) is 0.784. The van der Waals surface area contributed by atoms with Gasteiger partial charge in [0.05, 0.1) is 5.69 Å². The van der Waals surface area contributed by atoms with Crippen LogP contribution in [0.5, 0.6) is 0 Å². The van der Waals surface area contributed by atoms with Crippen molar-refractivity contribution < 1.29 is 4.79 Å². The number of hydrogen-bond acceptors (Lipinski definition) is 2. The molecule has 0 saturated carbocycles. The Morgan fingerprint density at radius 3 is 2.53 bits per heavy atom. The summed E-state index contributed by atoms with van der Waals surface area (Å²) in [7, 11) is 1.74. The molecule has 1 aromatic carbocycles. The highest BCUT2D eigenvalue weighted by Gasteiger charge is 2.05. The fraction of sp³-hybridized carbons (Fsp3) is 0.0909. The van der Waals surface area contributed by atoms with E-state index < -0.39 is 0 Å². The Bertz CT molecular complexity index is 488. The summed E-state index contributed by atoms with van der Waals surface area (Å²) in [6, 6.07) is 9.09. The van der Waals surface area contributed by atoms with Crippen molar-refractivity contribution in [2.24, 2.45) is 7.05 Å². The lowest BCUT2D eigenvalue weighted by molar-refractivity contribution is 0.111. The number of rotatable bonds is 2. The molecule has 2 rings (SSSR count). The minimum absolute atomic E-state index is 0.556. The Morgan fingerprint density at radius 2 is 2.00 bits per heavy atom. The molecule has 0 saturated heterocycles. The lowest BCUT2D eigenvalue weighted by Crippen LogP contribution is -1.95. The Morgan fingerprint density at radius 1 is 1.33 bits per heavy atom. The van der Waals surface area contributed by atoms with Gasteiger partial charge in [0.15, 0.2) is 6.29 Å². The molecular formula is C11H9ClN2O. The summed E-state index contributed by atoms with van der Waals surface area (Å²) in [5, 5.41) is 4.91. The number of carbonyl (C=O) groups excluding carboxylic acids is 1. The zero-order valence-electron chi connectivity index (χ0n) is 8.14. The second-order valence-corrected chi connectivity index (χ2v) is 3.64. The Balaban J connectivity index is 2.45. The van der Waals surface area contributed by atoms with Crippen LogP contribution >= 0.6 is 11.6 Å². The first-order valence-corrected chi connectivity index (χ1v) is 4.83. The van der Waals surface area contributed by atoms with Gasteiger partial charge in [-0.05, 0) is 18.2 Å². The van der Waals surface area contributed by atoms with E-state index >= 15 is 0 Å². The average Bonchev–Trinajstić information content (AvgIpc) is 2.61. The topological polar surface area (TPSA) is 34.9 Å². The molecule has 4 heteroatoms. The van der Waals surface area contributed by atoms with E-state index in [2.05, 4.69) is 5.10 Å². The lowest BCUT2D eigenvalue weighted by Gasteiger charge is -1.95. The van der Waals surface area contributed by atoms with Crippen LogP contribution in [0.2, 0.25) is 5.02 Å². The van der Waals surface area contributed by atoms with Crippen molar-refractivity contribution in [1.29, 1.82) is 0 Å². The number of hydrogen-bond donors (Lipinski definition) is 0. The summed E-state index contributed by atoms with van der Waals surface area (Å²) in [6.45, 7) is 0. The van der Waals surface area contributed by atoms with Crippen molar-refractivity contribution in [3.8, 4) is 11.3 Å². The van der Waals surface area contributed by atoms with E-state index in [0.717, 1.165) is 17.5 Å². The minimum Gasteiger partial charge on any atom is -0.296 e. The van der Waals surface area contributed by atoms with Gasteiger partial charge in [0.1, 0.15) is 5.69 Å². The van der Waals surface area contributed by atoms with Gasteiger partial charge in [-0.25, -0.2) is 0 Å². The van der Waals surface area contributed by atoms with Crippen molar-refractivity contribution in [3.05, 3.63) is 41.0 Å². The van der Waals surface area contributed by atoms with E-state index in [1.165, 1.54) is 0 Å². The van der Waals surface area contributed by atoms with Crippen molar-refractivity contribution >= 4 is 17.9 Å². The molecule has 2 aromatic rings. The molecule has 0 radical (unpaired) electrons. The molecule has 3 nitrogen and oxygen atoms in total. The predicted octanol–water partition coefficient (Wildman–Crippen LogP) is 2.55. The second-order valence-electron chi connectivity index (χ2n) is 3.20. The van der Waals surface area contributed by atoms with E-state index in [-0.39, 0.29) is 0 Å². The maximum Gasteiger partial charge on any atom is 0.168 e. The van der Waals surface area contributed by atoms with Gasteiger partial charge in [-0.1, -0.05) is 23.7 Å². The van der Waals surface area contributed by atoms with Crippen LogP contribution in [0.1, 0.15) is 10.5 Å². The molecule has 0 N–H and O–H groups in total. The number of nitrogens with zero attached hydrogens (tertiary/aromatic N) is 2. The number of aromatic nitrogens is 2. The molecular weight excluding hydrogens is 212 g/mol. The number of carbonyl (C=O) groups is 1. The van der Waals surface area contributed by atoms with Gasteiger partial charge in [0.2, 0.25) is 0 Å². The molecule has 1 aromatic heterocycles. The molecule has 76 valence electrons. The maximum atomic E-state index is 10.6. The third-order valence-electron chi connectivity index (χ3n) is 2.18. The number of aryl methyl sites for hydroxylation is 1. The van der Waals surface area contributed by atoms with Crippen LogP contribution in [-0.2, 0) is 7.05 Å². The molecule has 0 atom stereocenters. The summed E-state index contributed by atoms with van der Waals surface area (Å²) in [5.41, 5.74) is 2.28. The van der Waals surface area contributed by atoms with Crippen molar-refractivity contribution in [2.45, 2.75) is 0 Å². The Kier molecular flexibility index (Phi) is 2.56. The first kappa shape index (κ1) is 9.93. The first-order valence-electron chi connectivity index (χ1n) is 4.46. The van der Waals surface area contributed by atoms with Crippen LogP contribution in [0, 0.1) is 0 Å². The minimum atomic E-state index is 0.556. The van der Waals surface area contributed by atoms with Crippen LogP contribution in [0.4, 0.5) is 0 Å². The van der Waals surface area contributed by atoms with Crippen LogP contribution in [0.25, 0.3) is 11.3 Å². The molecule has 0 amide bonds. The van der Waals surface area contributed by atoms with Gasteiger partial charge in [-0.3, -0.25) is 9.48 Å². The molecule has 1 heterocycles. The van der Waals surface area contributed by atoms with Gasteiger partial charge in [-0.15, -0.1) is 0 Å². The van der Waals surface area contributed by atoms with Crippen LogP contribution in [-0.4, -0.2) is 16.1 Å². The van der Waals surface area contributed by atoms with Crippen LogP contribution < -0.4 is 0 Å². The molecule has 0 spiro atoms. The fourth-order valence-corrected chi connectivity index (χ4v) is 1.48. The molecule has 0 unspecified atom stereocenters. The number of halogens is 1. The molecule has 15 heavy (non-hydrogen) atoms. The van der Waals surface area contributed by atoms with E-state index in [0.29, 0.717) is 10.7 Å². The highest BCUT2D eigenvalue weighted by atomic mass is 35.5. The van der Waals surface area contributed by atoms with E-state index in [9.17, 15) is 4.79 Å². The highest BCUT2D eigenvalue weighted by molar-refractivity contribution is 6.30. The zero-order valence-corrected chi connectivity index (χ0v) is 8.90. The summed E-state index contributed by atoms with van der Waals surface area (Å²) in [5.74, 6) is 0. The summed E-state index contributed by atoms with van der Waals surface area (Å²) in [4.78, 5) is 10.6. The van der Waals surface area contributed by atoms with E-state index in [1.807, 2.05) is 12.1 Å². The van der Waals surface area contributed by atoms with Gasteiger partial charge < -0.3 is 0 Å². The monoisotopic (exact) mass is 220 g/mol. The molecule has 0 aliphatic carbocycles. The third kappa shape index (κ3) is 1.92. The van der Waals surface area contributed by atoms with Gasteiger partial charge >= 0.3 is 0 Å². The standard InChI is InChI=1S/C11H9ClN2O/c1-14-10(7-15)6-11(13-14)8-2-4-9(12)5-3-8/h2-7H,1H3. The summed E-state index contributed by atoms with van der Waals surface area (Å²) >= 11 is 5.78. The quantitative estimate of drug-likeness (QED) is 0.729. The van der Waals surface area contributed by atoms with Crippen molar-refractivity contribution in [3.63, 3.8) is 0 Å². The molecule has 0 bridgehead atoms. The second kappa shape index (κ2) is 3.87. The van der Waals surface area contributed by atoms with Crippen LogP contribution in [0.3, 0.4) is 0 Å². The zero-order chi connectivity index (χ0) is 10.8. The average molecular weight is 221 g/mol. The van der Waals surface area contributed by atoms with Gasteiger partial charge in [-0.2, -0.15) is 5.10 Å². The van der Waals surface area contributed by atoms with E-state index in [1.54, 1.807) is 29.9 Å². The summed E-state index contributed by atoms with van der Waals surface area (Å²) < 4.78 is 1.55. The van der Waals surface area contributed by atoms with Gasteiger partial charge in [0.25, 0.3) is 0 Å². The normalized spacial score (nSPS) is 10.3. The largest absolute Gasteiger partial charge is 0.296 e. The van der Waals surface area contributed by atoms with Crippen LogP contribution in [0.15, 0.2) is 30.3 Å². The highest BCUT2D eigenvalue weighted by Crippen LogP contribution is 2.20. The SMILES string of the molecule is Cn1nc(-c2ccc(Cl)cc2)cc1C=O. The third-order valence-corrected chi connectivity index (χ3v) is 2.43.